The third-order valence-corrected chi connectivity index (χ3v) is 11.1. The average Bonchev–Trinajstić information content (AvgIpc) is 3.31. The number of aliphatic hydroxyl groups excluding tert-OH is 7. The van der Waals surface area contributed by atoms with Gasteiger partial charge in [0.2, 0.25) is 0 Å². The molecule has 11 unspecified atom stereocenters. The Morgan fingerprint density at radius 1 is 0.515 bits per heavy atom. The van der Waals surface area contributed by atoms with E-state index >= 15 is 0 Å². The molecule has 0 aliphatic carbocycles. The predicted octanol–water partition coefficient (Wildman–Crippen LogP) is 6.90. The van der Waals surface area contributed by atoms with Gasteiger partial charge in [-0.25, -0.2) is 0 Å². The number of ether oxygens (including phenoxy) is 6. The number of unbranched alkanes of at least 4 members (excludes halogenated alkanes) is 9. The molecule has 14 heteroatoms. The van der Waals surface area contributed by atoms with E-state index in [2.05, 4.69) is 98.9 Å². The summed E-state index contributed by atoms with van der Waals surface area (Å²) in [5, 5.41) is 72.1. The van der Waals surface area contributed by atoms with Crippen molar-refractivity contribution >= 4 is 5.97 Å². The lowest BCUT2D eigenvalue weighted by Gasteiger charge is -2.42. The van der Waals surface area contributed by atoms with Gasteiger partial charge in [0.05, 0.1) is 26.4 Å². The third-order valence-electron chi connectivity index (χ3n) is 11.1. The van der Waals surface area contributed by atoms with E-state index in [4.69, 9.17) is 28.4 Å². The van der Waals surface area contributed by atoms with Crippen LogP contribution >= 0.6 is 0 Å². The first-order chi connectivity index (χ1) is 32.1. The SMILES string of the molecule is CC/C=C\C/C=C\C/C=C\C/C=C\C/C=C\CCCCOCC(COC1OC(COC2OC(CO)C(O)C(O)C2O)C(O)C(O)C1O)OC(=O)CCCCCCC/C=C\C/C=C\CCCC. The Hall–Kier alpha value is -2.83. The zero-order valence-electron chi connectivity index (χ0n) is 39.9. The first kappa shape index (κ1) is 59.3. The molecule has 0 aromatic rings. The van der Waals surface area contributed by atoms with Crippen molar-refractivity contribution < 1.29 is 69.0 Å². The quantitative estimate of drug-likeness (QED) is 0.0192. The van der Waals surface area contributed by atoms with Crippen LogP contribution in [0.3, 0.4) is 0 Å². The number of carbonyl (C=O) groups excluding carboxylic acids is 1. The highest BCUT2D eigenvalue weighted by Gasteiger charge is 2.47. The monoisotopic (exact) mass is 935 g/mol. The van der Waals surface area contributed by atoms with Crippen molar-refractivity contribution in [2.75, 3.05) is 33.0 Å². The third kappa shape index (κ3) is 26.6. The van der Waals surface area contributed by atoms with Gasteiger partial charge in [0, 0.05) is 13.0 Å². The normalized spacial score (nSPS) is 27.0. The highest BCUT2D eigenvalue weighted by Crippen LogP contribution is 2.26. The molecular weight excluding hydrogens is 849 g/mol. The minimum Gasteiger partial charge on any atom is -0.457 e. The second-order valence-corrected chi connectivity index (χ2v) is 16.9. The Morgan fingerprint density at radius 2 is 0.985 bits per heavy atom. The van der Waals surface area contributed by atoms with Crippen LogP contribution < -0.4 is 0 Å². The summed E-state index contributed by atoms with van der Waals surface area (Å²) in [7, 11) is 0. The van der Waals surface area contributed by atoms with Crippen molar-refractivity contribution in [3.63, 3.8) is 0 Å². The smallest absolute Gasteiger partial charge is 0.306 e. The fourth-order valence-corrected chi connectivity index (χ4v) is 7.09. The highest BCUT2D eigenvalue weighted by atomic mass is 16.7. The Labute approximate surface area is 395 Å². The number of aliphatic hydroxyl groups is 7. The van der Waals surface area contributed by atoms with Crippen LogP contribution in [-0.2, 0) is 33.2 Å². The van der Waals surface area contributed by atoms with Crippen molar-refractivity contribution in [3.8, 4) is 0 Å². The van der Waals surface area contributed by atoms with E-state index in [1.54, 1.807) is 0 Å². The zero-order valence-corrected chi connectivity index (χ0v) is 39.9. The van der Waals surface area contributed by atoms with Crippen LogP contribution in [0.15, 0.2) is 85.1 Å². The van der Waals surface area contributed by atoms with Gasteiger partial charge >= 0.3 is 5.97 Å². The van der Waals surface area contributed by atoms with Gasteiger partial charge in [-0.3, -0.25) is 4.79 Å². The summed E-state index contributed by atoms with van der Waals surface area (Å²) in [6, 6.07) is 0. The van der Waals surface area contributed by atoms with Crippen molar-refractivity contribution in [1.82, 2.24) is 0 Å². The lowest BCUT2D eigenvalue weighted by Crippen LogP contribution is -2.61. The number of rotatable bonds is 37. The van der Waals surface area contributed by atoms with Crippen LogP contribution in [0.2, 0.25) is 0 Å². The molecule has 2 rings (SSSR count). The minimum absolute atomic E-state index is 0.0209. The summed E-state index contributed by atoms with van der Waals surface area (Å²) in [6.07, 6.45) is 32.2. The van der Waals surface area contributed by atoms with E-state index in [1.807, 2.05) is 0 Å². The molecule has 11 atom stereocenters. The number of hydrogen-bond acceptors (Lipinski definition) is 14. The van der Waals surface area contributed by atoms with Crippen LogP contribution in [0.1, 0.15) is 136 Å². The van der Waals surface area contributed by atoms with Gasteiger partial charge in [-0.1, -0.05) is 131 Å². The van der Waals surface area contributed by atoms with E-state index in [1.165, 1.54) is 12.8 Å². The Morgan fingerprint density at radius 3 is 1.55 bits per heavy atom. The fraction of sp³-hybridized carbons (Fsp3) is 0.712. The maximum absolute atomic E-state index is 13.0. The second-order valence-electron chi connectivity index (χ2n) is 16.9. The van der Waals surface area contributed by atoms with E-state index in [0.717, 1.165) is 96.3 Å². The number of esters is 1. The Balaban J connectivity index is 1.82. The van der Waals surface area contributed by atoms with E-state index in [0.29, 0.717) is 13.0 Å². The molecule has 66 heavy (non-hydrogen) atoms. The van der Waals surface area contributed by atoms with Gasteiger partial charge in [-0.2, -0.15) is 0 Å². The van der Waals surface area contributed by atoms with Crippen LogP contribution in [0.4, 0.5) is 0 Å². The highest BCUT2D eigenvalue weighted by molar-refractivity contribution is 5.69. The van der Waals surface area contributed by atoms with Gasteiger partial charge in [-0.15, -0.1) is 0 Å². The Bertz CT molecular complexity index is 1410. The largest absolute Gasteiger partial charge is 0.457 e. The molecule has 0 saturated carbocycles. The van der Waals surface area contributed by atoms with Crippen LogP contribution in [0, 0.1) is 0 Å². The zero-order chi connectivity index (χ0) is 48.0. The molecule has 0 bridgehead atoms. The van der Waals surface area contributed by atoms with Crippen LogP contribution in [-0.4, -0.2) is 142 Å². The first-order valence-corrected chi connectivity index (χ1v) is 24.7. The number of allylic oxidation sites excluding steroid dienone is 14. The summed E-state index contributed by atoms with van der Waals surface area (Å²) in [5.41, 5.74) is 0. The number of carbonyl (C=O) groups is 1. The molecule has 14 nitrogen and oxygen atoms in total. The molecule has 0 radical (unpaired) electrons. The average molecular weight is 935 g/mol. The molecule has 2 aliphatic heterocycles. The Kier molecular flexibility index (Phi) is 35.1. The molecule has 7 N–H and O–H groups in total. The van der Waals surface area contributed by atoms with Crippen LogP contribution in [0.5, 0.6) is 0 Å². The molecule has 2 heterocycles. The van der Waals surface area contributed by atoms with Crippen molar-refractivity contribution in [3.05, 3.63) is 85.1 Å². The van der Waals surface area contributed by atoms with Gasteiger partial charge in [0.1, 0.15) is 54.9 Å². The van der Waals surface area contributed by atoms with Crippen LogP contribution in [0.25, 0.3) is 0 Å². The van der Waals surface area contributed by atoms with Gasteiger partial charge in [-0.05, 0) is 83.5 Å². The molecule has 2 aliphatic rings. The molecule has 0 spiro atoms. The molecule has 0 aromatic carbocycles. The van der Waals surface area contributed by atoms with E-state index in [9.17, 15) is 40.5 Å². The predicted molar refractivity (Wildman–Crippen MR) is 256 cm³/mol. The van der Waals surface area contributed by atoms with Gasteiger partial charge in [0.15, 0.2) is 12.6 Å². The standard InChI is InChI=1S/C52H86O14/c1-3-5-7-9-11-13-15-17-19-20-21-22-24-26-28-30-32-34-36-61-38-41(64-44(54)35-33-31-29-27-25-23-18-16-14-12-10-8-6-4-2)39-62-51-50(60)48(58)46(56)43(66-51)40-63-52-49(59)47(57)45(55)42(37-53)65-52/h5,7,10-13,16-19,21-22,26,28,41-43,45-53,55-60H,3-4,6,8-9,14-15,20,23-25,27,29-40H2,1-2H3/b7-5-,12-10-,13-11-,18-16-,19-17-,22-21-,28-26-. The van der Waals surface area contributed by atoms with Gasteiger partial charge < -0.3 is 64.2 Å². The number of hydrogen-bond donors (Lipinski definition) is 7. The first-order valence-electron chi connectivity index (χ1n) is 24.7. The lowest BCUT2D eigenvalue weighted by molar-refractivity contribution is -0.332. The molecular formula is C52H86O14. The molecule has 0 amide bonds. The van der Waals surface area contributed by atoms with Crippen molar-refractivity contribution in [1.29, 1.82) is 0 Å². The van der Waals surface area contributed by atoms with E-state index < -0.39 is 86.7 Å². The van der Waals surface area contributed by atoms with Gasteiger partial charge in [0.25, 0.3) is 0 Å². The molecule has 2 saturated heterocycles. The second kappa shape index (κ2) is 39.1. The summed E-state index contributed by atoms with van der Waals surface area (Å²) < 4.78 is 34.1. The summed E-state index contributed by atoms with van der Waals surface area (Å²) in [6.45, 7) is 3.37. The van der Waals surface area contributed by atoms with Crippen molar-refractivity contribution in [2.45, 2.75) is 203 Å². The molecule has 2 fully saturated rings. The molecule has 0 aromatic heterocycles. The fourth-order valence-electron chi connectivity index (χ4n) is 7.09. The lowest BCUT2D eigenvalue weighted by atomic mass is 9.98. The minimum atomic E-state index is -1.72. The summed E-state index contributed by atoms with van der Waals surface area (Å²) >= 11 is 0. The summed E-state index contributed by atoms with van der Waals surface area (Å²) in [5.74, 6) is -0.410. The topological polar surface area (TPSA) is 214 Å². The van der Waals surface area contributed by atoms with E-state index in [-0.39, 0.29) is 19.6 Å². The summed E-state index contributed by atoms with van der Waals surface area (Å²) in [4.78, 5) is 13.0. The maximum atomic E-state index is 13.0. The van der Waals surface area contributed by atoms with Crippen molar-refractivity contribution in [2.24, 2.45) is 0 Å². The maximum Gasteiger partial charge on any atom is 0.306 e. The molecule has 378 valence electrons.